The molecular formula is C17H26N4. The first-order valence-corrected chi connectivity index (χ1v) is 7.66. The minimum absolute atomic E-state index is 0.0431. The smallest absolute Gasteiger partial charge is 0.152 e. The number of nitrogens with zero attached hydrogens (tertiary/aromatic N) is 3. The van der Waals surface area contributed by atoms with Crippen molar-refractivity contribution in [1.82, 2.24) is 14.6 Å². The van der Waals surface area contributed by atoms with E-state index in [0.717, 1.165) is 17.0 Å². The van der Waals surface area contributed by atoms with Gasteiger partial charge in [0.25, 0.3) is 0 Å². The van der Waals surface area contributed by atoms with E-state index in [1.807, 2.05) is 16.9 Å². The van der Waals surface area contributed by atoms with E-state index >= 15 is 0 Å². The van der Waals surface area contributed by atoms with Gasteiger partial charge in [0.05, 0.1) is 5.69 Å². The van der Waals surface area contributed by atoms with E-state index in [0.29, 0.717) is 6.04 Å². The van der Waals surface area contributed by atoms with E-state index in [2.05, 4.69) is 69.9 Å². The van der Waals surface area contributed by atoms with Crippen molar-refractivity contribution < 1.29 is 0 Å². The van der Waals surface area contributed by atoms with E-state index in [-0.39, 0.29) is 16.2 Å². The van der Waals surface area contributed by atoms with Crippen LogP contribution >= 0.6 is 0 Å². The molecule has 0 saturated heterocycles. The third kappa shape index (κ3) is 2.03. The van der Waals surface area contributed by atoms with Gasteiger partial charge in [-0.1, -0.05) is 48.5 Å². The molecule has 1 fully saturated rings. The van der Waals surface area contributed by atoms with E-state index in [4.69, 9.17) is 0 Å². The van der Waals surface area contributed by atoms with Crippen LogP contribution in [0.3, 0.4) is 0 Å². The summed E-state index contributed by atoms with van der Waals surface area (Å²) >= 11 is 0. The Balaban J connectivity index is 1.99. The second-order valence-electron chi connectivity index (χ2n) is 8.41. The minimum Gasteiger partial charge on any atom is -0.364 e. The summed E-state index contributed by atoms with van der Waals surface area (Å²) in [6.45, 7) is 15.8. The molecule has 1 aliphatic carbocycles. The Morgan fingerprint density at radius 1 is 1.14 bits per heavy atom. The molecule has 4 heteroatoms. The fourth-order valence-corrected chi connectivity index (χ4v) is 3.09. The van der Waals surface area contributed by atoms with Crippen LogP contribution in [0.4, 0.5) is 5.82 Å². The van der Waals surface area contributed by atoms with Gasteiger partial charge in [-0.15, -0.1) is 0 Å². The molecule has 1 N–H and O–H groups in total. The fraction of sp³-hybridized carbons (Fsp3) is 0.647. The van der Waals surface area contributed by atoms with Crippen molar-refractivity contribution in [2.24, 2.45) is 10.8 Å². The maximum absolute atomic E-state index is 4.68. The Bertz CT molecular complexity index is 674. The predicted octanol–water partition coefficient (Wildman–Crippen LogP) is 3.87. The van der Waals surface area contributed by atoms with Gasteiger partial charge in [0.15, 0.2) is 5.82 Å². The van der Waals surface area contributed by atoms with Crippen LogP contribution in [-0.2, 0) is 5.41 Å². The zero-order valence-corrected chi connectivity index (χ0v) is 14.2. The Labute approximate surface area is 127 Å². The van der Waals surface area contributed by atoms with Crippen LogP contribution in [0.15, 0.2) is 18.5 Å². The van der Waals surface area contributed by atoms with Gasteiger partial charge in [-0.3, -0.25) is 0 Å². The molecule has 2 heterocycles. The minimum atomic E-state index is 0.0431. The summed E-state index contributed by atoms with van der Waals surface area (Å²) in [5.41, 5.74) is 2.76. The van der Waals surface area contributed by atoms with Gasteiger partial charge in [-0.05, 0) is 16.9 Å². The second kappa shape index (κ2) is 3.99. The summed E-state index contributed by atoms with van der Waals surface area (Å²) in [4.78, 5) is 4.54. The number of hydrogen-bond donors (Lipinski definition) is 1. The molecule has 0 aromatic carbocycles. The largest absolute Gasteiger partial charge is 0.364 e. The zero-order chi connectivity index (χ0) is 15.6. The second-order valence-corrected chi connectivity index (χ2v) is 8.41. The molecule has 1 aliphatic rings. The monoisotopic (exact) mass is 286 g/mol. The number of anilines is 1. The molecule has 0 spiro atoms. The highest BCUT2D eigenvalue weighted by Crippen LogP contribution is 2.63. The molecule has 21 heavy (non-hydrogen) atoms. The van der Waals surface area contributed by atoms with E-state index < -0.39 is 0 Å². The molecule has 3 rings (SSSR count). The molecule has 2 aromatic heterocycles. The molecule has 2 aromatic rings. The normalized spacial score (nSPS) is 20.7. The predicted molar refractivity (Wildman–Crippen MR) is 86.7 cm³/mol. The quantitative estimate of drug-likeness (QED) is 0.911. The summed E-state index contributed by atoms with van der Waals surface area (Å²) in [5, 5.41) is 8.31. The molecule has 114 valence electrons. The summed E-state index contributed by atoms with van der Waals surface area (Å²) in [6, 6.07) is 2.59. The molecule has 0 amide bonds. The Kier molecular flexibility index (Phi) is 2.73. The van der Waals surface area contributed by atoms with E-state index in [9.17, 15) is 0 Å². The number of aromatic nitrogens is 3. The van der Waals surface area contributed by atoms with Crippen molar-refractivity contribution in [3.63, 3.8) is 0 Å². The van der Waals surface area contributed by atoms with Crippen LogP contribution in [0.25, 0.3) is 5.52 Å². The lowest BCUT2D eigenvalue weighted by molar-refractivity contribution is 0.457. The molecule has 0 bridgehead atoms. The molecule has 1 saturated carbocycles. The molecule has 0 radical (unpaired) electrons. The van der Waals surface area contributed by atoms with Gasteiger partial charge in [-0.2, -0.15) is 5.10 Å². The van der Waals surface area contributed by atoms with Gasteiger partial charge in [0, 0.05) is 23.9 Å². The maximum Gasteiger partial charge on any atom is 0.152 e. The third-order valence-corrected chi connectivity index (χ3v) is 5.46. The lowest BCUT2D eigenvalue weighted by Crippen LogP contribution is -2.12. The average Bonchev–Trinajstić information content (AvgIpc) is 2.70. The molecule has 0 unspecified atom stereocenters. The van der Waals surface area contributed by atoms with Crippen molar-refractivity contribution in [3.05, 3.63) is 24.2 Å². The molecule has 0 aliphatic heterocycles. The first kappa shape index (κ1) is 14.4. The van der Waals surface area contributed by atoms with Crippen LogP contribution in [0, 0.1) is 10.8 Å². The molecule has 0 atom stereocenters. The highest BCUT2D eigenvalue weighted by molar-refractivity contribution is 5.69. The van der Waals surface area contributed by atoms with Gasteiger partial charge < -0.3 is 5.32 Å². The van der Waals surface area contributed by atoms with Crippen molar-refractivity contribution in [1.29, 1.82) is 0 Å². The van der Waals surface area contributed by atoms with Crippen molar-refractivity contribution >= 4 is 11.3 Å². The SMILES string of the molecule is CC(C)(C)c1cc2c(NC3C(C)(C)C3(C)C)nccn2n1. The highest BCUT2D eigenvalue weighted by atomic mass is 15.3. The Morgan fingerprint density at radius 2 is 1.76 bits per heavy atom. The zero-order valence-electron chi connectivity index (χ0n) is 14.2. The maximum atomic E-state index is 4.68. The number of rotatable bonds is 2. The third-order valence-electron chi connectivity index (χ3n) is 5.46. The van der Waals surface area contributed by atoms with Crippen molar-refractivity contribution in [2.45, 2.75) is 59.9 Å². The number of nitrogens with one attached hydrogen (secondary N) is 1. The van der Waals surface area contributed by atoms with Gasteiger partial charge >= 0.3 is 0 Å². The van der Waals surface area contributed by atoms with Crippen LogP contribution in [-0.4, -0.2) is 20.6 Å². The molecule has 4 nitrogen and oxygen atoms in total. The molecular weight excluding hydrogens is 260 g/mol. The summed E-state index contributed by atoms with van der Waals surface area (Å²) in [7, 11) is 0. The van der Waals surface area contributed by atoms with E-state index in [1.165, 1.54) is 0 Å². The van der Waals surface area contributed by atoms with Gasteiger partial charge in [0.2, 0.25) is 0 Å². The number of fused-ring (bicyclic) bond motifs is 1. The van der Waals surface area contributed by atoms with Crippen molar-refractivity contribution in [2.75, 3.05) is 5.32 Å². The fourth-order valence-electron chi connectivity index (χ4n) is 3.09. The first-order chi connectivity index (χ1) is 9.55. The van der Waals surface area contributed by atoms with Crippen LogP contribution in [0.5, 0.6) is 0 Å². The lowest BCUT2D eigenvalue weighted by atomic mass is 9.92. The first-order valence-electron chi connectivity index (χ1n) is 7.66. The Morgan fingerprint density at radius 3 is 2.29 bits per heavy atom. The van der Waals surface area contributed by atoms with Crippen LogP contribution < -0.4 is 5.32 Å². The number of hydrogen-bond acceptors (Lipinski definition) is 3. The standard InChI is InChI=1S/C17H26N4/c1-15(2,3)12-10-11-13(18-8-9-21(11)20-12)19-14-16(4,5)17(14,6)7/h8-10,14H,1-7H3,(H,18,19). The van der Waals surface area contributed by atoms with Gasteiger partial charge in [0.1, 0.15) is 5.52 Å². The lowest BCUT2D eigenvalue weighted by Gasteiger charge is -2.13. The highest BCUT2D eigenvalue weighted by Gasteiger charge is 2.65. The average molecular weight is 286 g/mol. The van der Waals surface area contributed by atoms with Crippen molar-refractivity contribution in [3.8, 4) is 0 Å². The summed E-state index contributed by atoms with van der Waals surface area (Å²) in [5.74, 6) is 0.934. The van der Waals surface area contributed by atoms with E-state index in [1.54, 1.807) is 0 Å². The summed E-state index contributed by atoms with van der Waals surface area (Å²) < 4.78 is 1.93. The van der Waals surface area contributed by atoms with Crippen LogP contribution in [0.2, 0.25) is 0 Å². The topological polar surface area (TPSA) is 42.2 Å². The Hall–Kier alpha value is -1.58. The van der Waals surface area contributed by atoms with Gasteiger partial charge in [-0.25, -0.2) is 9.50 Å². The van der Waals surface area contributed by atoms with Crippen LogP contribution in [0.1, 0.15) is 54.2 Å². The summed E-state index contributed by atoms with van der Waals surface area (Å²) in [6.07, 6.45) is 3.73.